The van der Waals surface area contributed by atoms with Crippen molar-refractivity contribution in [3.05, 3.63) is 107 Å². The third-order valence-electron chi connectivity index (χ3n) is 5.19. The SMILES string of the molecule is COC(=O)c1c(C(=O)OC)n(-c2ccccc2)c(-c2ccccc2)nc1=Nc1ccc(C)cc1. The number of benzene rings is 3. The summed E-state index contributed by atoms with van der Waals surface area (Å²) in [5.74, 6) is -1.04. The molecule has 34 heavy (non-hydrogen) atoms. The summed E-state index contributed by atoms with van der Waals surface area (Å²) >= 11 is 0. The number of ether oxygens (including phenoxy) is 2. The molecule has 4 aromatic rings. The predicted molar refractivity (Wildman–Crippen MR) is 128 cm³/mol. The maximum absolute atomic E-state index is 13.2. The third kappa shape index (κ3) is 4.49. The van der Waals surface area contributed by atoms with Gasteiger partial charge in [0.2, 0.25) is 0 Å². The van der Waals surface area contributed by atoms with Crippen LogP contribution < -0.4 is 5.49 Å². The number of rotatable bonds is 5. The zero-order chi connectivity index (χ0) is 24.1. The Labute approximate surface area is 197 Å². The number of carbonyl (C=O) groups is 2. The van der Waals surface area contributed by atoms with Crippen LogP contribution in [-0.4, -0.2) is 35.7 Å². The van der Waals surface area contributed by atoms with E-state index in [-0.39, 0.29) is 16.7 Å². The average Bonchev–Trinajstić information content (AvgIpc) is 2.89. The van der Waals surface area contributed by atoms with Crippen LogP contribution in [0.15, 0.2) is 89.9 Å². The molecular weight excluding hydrogens is 430 g/mol. The van der Waals surface area contributed by atoms with E-state index in [1.165, 1.54) is 14.2 Å². The van der Waals surface area contributed by atoms with E-state index in [1.807, 2.05) is 91.9 Å². The topological polar surface area (TPSA) is 82.8 Å². The molecule has 0 bridgehead atoms. The van der Waals surface area contributed by atoms with Gasteiger partial charge in [-0.3, -0.25) is 4.57 Å². The molecule has 7 heteroatoms. The van der Waals surface area contributed by atoms with E-state index in [0.29, 0.717) is 17.2 Å². The Hall–Kier alpha value is -4.52. The largest absolute Gasteiger partial charge is 0.465 e. The maximum Gasteiger partial charge on any atom is 0.356 e. The summed E-state index contributed by atoms with van der Waals surface area (Å²) < 4.78 is 11.8. The minimum atomic E-state index is -0.747. The van der Waals surface area contributed by atoms with E-state index in [4.69, 9.17) is 14.5 Å². The Balaban J connectivity index is 2.20. The molecule has 0 atom stereocenters. The van der Waals surface area contributed by atoms with Gasteiger partial charge in [-0.05, 0) is 31.2 Å². The molecule has 3 aromatic carbocycles. The van der Waals surface area contributed by atoms with Crippen LogP contribution in [0.4, 0.5) is 5.69 Å². The second-order valence-electron chi connectivity index (χ2n) is 7.45. The Bertz CT molecular complexity index is 1390. The summed E-state index contributed by atoms with van der Waals surface area (Å²) in [5.41, 5.74) is 2.95. The Kier molecular flexibility index (Phi) is 6.64. The highest BCUT2D eigenvalue weighted by Crippen LogP contribution is 2.25. The van der Waals surface area contributed by atoms with Crippen LogP contribution in [0.1, 0.15) is 26.4 Å². The fourth-order valence-corrected chi connectivity index (χ4v) is 3.54. The second-order valence-corrected chi connectivity index (χ2v) is 7.45. The van der Waals surface area contributed by atoms with Crippen LogP contribution in [0.5, 0.6) is 0 Å². The molecular formula is C27H23N3O4. The zero-order valence-electron chi connectivity index (χ0n) is 19.1. The fraction of sp³-hybridized carbons (Fsp3) is 0.111. The van der Waals surface area contributed by atoms with Gasteiger partial charge in [-0.15, -0.1) is 0 Å². The van der Waals surface area contributed by atoms with Gasteiger partial charge < -0.3 is 9.47 Å². The van der Waals surface area contributed by atoms with Crippen molar-refractivity contribution < 1.29 is 19.1 Å². The maximum atomic E-state index is 13.2. The normalized spacial score (nSPS) is 11.2. The van der Waals surface area contributed by atoms with Crippen molar-refractivity contribution in [1.82, 2.24) is 9.55 Å². The number of nitrogens with zero attached hydrogens (tertiary/aromatic N) is 3. The molecule has 0 saturated heterocycles. The van der Waals surface area contributed by atoms with Crippen LogP contribution >= 0.6 is 0 Å². The Morgan fingerprint density at radius 2 is 1.38 bits per heavy atom. The summed E-state index contributed by atoms with van der Waals surface area (Å²) in [7, 11) is 2.51. The van der Waals surface area contributed by atoms with E-state index in [9.17, 15) is 9.59 Å². The molecule has 1 aromatic heterocycles. The first-order valence-electron chi connectivity index (χ1n) is 10.6. The number of hydrogen-bond acceptors (Lipinski definition) is 6. The number of aromatic nitrogens is 2. The lowest BCUT2D eigenvalue weighted by Crippen LogP contribution is -2.31. The molecule has 0 amide bonds. The Morgan fingerprint density at radius 3 is 1.97 bits per heavy atom. The molecule has 0 spiro atoms. The highest BCUT2D eigenvalue weighted by molar-refractivity contribution is 6.02. The van der Waals surface area contributed by atoms with Gasteiger partial charge in [-0.25, -0.2) is 19.6 Å². The smallest absolute Gasteiger partial charge is 0.356 e. The van der Waals surface area contributed by atoms with Gasteiger partial charge >= 0.3 is 11.9 Å². The van der Waals surface area contributed by atoms with Crippen molar-refractivity contribution in [3.8, 4) is 17.1 Å². The number of carbonyl (C=O) groups excluding carboxylic acids is 2. The van der Waals surface area contributed by atoms with Crippen LogP contribution in [-0.2, 0) is 9.47 Å². The molecule has 0 aliphatic heterocycles. The van der Waals surface area contributed by atoms with Crippen molar-refractivity contribution in [2.75, 3.05) is 14.2 Å². The summed E-state index contributed by atoms with van der Waals surface area (Å²) in [4.78, 5) is 35.6. The van der Waals surface area contributed by atoms with Crippen LogP contribution in [0.2, 0.25) is 0 Å². The molecule has 170 valence electrons. The summed E-state index contributed by atoms with van der Waals surface area (Å²) in [6.45, 7) is 1.97. The summed E-state index contributed by atoms with van der Waals surface area (Å²) in [6.07, 6.45) is 0. The number of aryl methyl sites for hydroxylation is 1. The second kappa shape index (κ2) is 9.95. The monoisotopic (exact) mass is 453 g/mol. The lowest BCUT2D eigenvalue weighted by atomic mass is 10.1. The Morgan fingerprint density at radius 1 is 0.794 bits per heavy atom. The number of esters is 2. The van der Waals surface area contributed by atoms with Gasteiger partial charge in [0.05, 0.1) is 19.9 Å². The quantitative estimate of drug-likeness (QED) is 0.411. The van der Waals surface area contributed by atoms with Gasteiger partial charge in [-0.2, -0.15) is 0 Å². The number of methoxy groups -OCH3 is 2. The first kappa shape index (κ1) is 22.7. The average molecular weight is 453 g/mol. The number of hydrogen-bond donors (Lipinski definition) is 0. The lowest BCUT2D eigenvalue weighted by molar-refractivity contribution is 0.0544. The molecule has 7 nitrogen and oxygen atoms in total. The summed E-state index contributed by atoms with van der Waals surface area (Å²) in [6, 6.07) is 26.0. The van der Waals surface area contributed by atoms with Gasteiger partial charge in [0.25, 0.3) is 0 Å². The first-order valence-corrected chi connectivity index (χ1v) is 10.6. The third-order valence-corrected chi connectivity index (χ3v) is 5.19. The summed E-state index contributed by atoms with van der Waals surface area (Å²) in [5, 5.41) is 0. The van der Waals surface area contributed by atoms with E-state index >= 15 is 0 Å². The standard InChI is InChI=1S/C27H23N3O4/c1-18-14-16-20(17-15-18)28-24-22(26(31)33-2)23(27(32)34-3)30(21-12-8-5-9-13-21)25(29-24)19-10-6-4-7-11-19/h4-17H,1-3H3. The molecule has 0 aliphatic rings. The predicted octanol–water partition coefficient (Wildman–Crippen LogP) is 4.65. The minimum absolute atomic E-state index is 0.0275. The van der Waals surface area contributed by atoms with E-state index in [1.54, 1.807) is 4.57 Å². The first-order chi connectivity index (χ1) is 16.5. The highest BCUT2D eigenvalue weighted by atomic mass is 16.5. The molecule has 0 unspecified atom stereocenters. The molecule has 0 radical (unpaired) electrons. The van der Waals surface area contributed by atoms with E-state index in [0.717, 1.165) is 11.1 Å². The fourth-order valence-electron chi connectivity index (χ4n) is 3.54. The minimum Gasteiger partial charge on any atom is -0.465 e. The van der Waals surface area contributed by atoms with Gasteiger partial charge in [0.15, 0.2) is 11.2 Å². The van der Waals surface area contributed by atoms with E-state index in [2.05, 4.69) is 4.99 Å². The van der Waals surface area contributed by atoms with Crippen molar-refractivity contribution in [1.29, 1.82) is 0 Å². The van der Waals surface area contributed by atoms with Crippen LogP contribution in [0.25, 0.3) is 17.1 Å². The molecule has 0 N–H and O–H groups in total. The molecule has 0 saturated carbocycles. The van der Waals surface area contributed by atoms with Crippen LogP contribution in [0, 0.1) is 6.92 Å². The van der Waals surface area contributed by atoms with Gasteiger partial charge in [0, 0.05) is 11.3 Å². The number of para-hydroxylation sites is 1. The van der Waals surface area contributed by atoms with Gasteiger partial charge in [-0.1, -0.05) is 66.2 Å². The molecule has 1 heterocycles. The van der Waals surface area contributed by atoms with E-state index < -0.39 is 11.9 Å². The van der Waals surface area contributed by atoms with Crippen molar-refractivity contribution in [2.24, 2.45) is 4.99 Å². The van der Waals surface area contributed by atoms with Crippen molar-refractivity contribution in [2.45, 2.75) is 6.92 Å². The van der Waals surface area contributed by atoms with Crippen molar-refractivity contribution in [3.63, 3.8) is 0 Å². The zero-order valence-corrected chi connectivity index (χ0v) is 19.1. The highest BCUT2D eigenvalue weighted by Gasteiger charge is 2.29. The molecule has 0 fully saturated rings. The molecule has 0 aliphatic carbocycles. The van der Waals surface area contributed by atoms with Gasteiger partial charge in [0.1, 0.15) is 11.4 Å². The van der Waals surface area contributed by atoms with Crippen molar-refractivity contribution >= 4 is 17.6 Å². The lowest BCUT2D eigenvalue weighted by Gasteiger charge is -2.20. The molecule has 4 rings (SSSR count). The van der Waals surface area contributed by atoms with Crippen LogP contribution in [0.3, 0.4) is 0 Å².